The van der Waals surface area contributed by atoms with Gasteiger partial charge in [-0.15, -0.1) is 11.3 Å². The topological polar surface area (TPSA) is 80.4 Å². The van der Waals surface area contributed by atoms with Crippen LogP contribution in [-0.4, -0.2) is 16.1 Å². The molecule has 1 N–H and O–H groups in total. The molecule has 0 aliphatic heterocycles. The van der Waals surface area contributed by atoms with Gasteiger partial charge < -0.3 is 0 Å². The predicted molar refractivity (Wildman–Crippen MR) is 107 cm³/mol. The number of anilines is 1. The number of rotatable bonds is 5. The van der Waals surface area contributed by atoms with Crippen LogP contribution in [0, 0.1) is 10.1 Å². The van der Waals surface area contributed by atoms with Crippen LogP contribution in [0.4, 0.5) is 10.8 Å². The number of non-ortho nitro benzene ring substituents is 1. The van der Waals surface area contributed by atoms with Crippen molar-refractivity contribution in [1.29, 1.82) is 0 Å². The first-order valence-corrected chi connectivity index (χ1v) is 9.10. The van der Waals surface area contributed by atoms with Gasteiger partial charge in [0.05, 0.1) is 31.9 Å². The van der Waals surface area contributed by atoms with Gasteiger partial charge in [0.2, 0.25) is 5.13 Å². The SMILES string of the molecule is O=[N+]([O-])c1cccc(-c2csc(N/N=C/c3c(Cl)ccc(Cl)c3Cl)n2)c1. The van der Waals surface area contributed by atoms with E-state index in [4.69, 9.17) is 34.8 Å². The molecule has 1 aromatic heterocycles. The molecule has 0 saturated heterocycles. The molecule has 0 aliphatic rings. The molecule has 0 atom stereocenters. The molecule has 0 unspecified atom stereocenters. The van der Waals surface area contributed by atoms with E-state index in [0.717, 1.165) is 0 Å². The van der Waals surface area contributed by atoms with Crippen molar-refractivity contribution in [2.45, 2.75) is 0 Å². The summed E-state index contributed by atoms with van der Waals surface area (Å²) < 4.78 is 0. The number of halogens is 3. The summed E-state index contributed by atoms with van der Waals surface area (Å²) in [6, 6.07) is 9.48. The van der Waals surface area contributed by atoms with Gasteiger partial charge in [0.25, 0.3) is 5.69 Å². The Balaban J connectivity index is 1.77. The number of aromatic nitrogens is 1. The second-order valence-electron chi connectivity index (χ2n) is 4.97. The Morgan fingerprint density at radius 3 is 2.73 bits per heavy atom. The molecule has 1 heterocycles. The lowest BCUT2D eigenvalue weighted by Crippen LogP contribution is -1.92. The van der Waals surface area contributed by atoms with Gasteiger partial charge in [-0.1, -0.05) is 46.9 Å². The van der Waals surface area contributed by atoms with E-state index >= 15 is 0 Å². The quantitative estimate of drug-likeness (QED) is 0.230. The van der Waals surface area contributed by atoms with Crippen LogP contribution in [0.1, 0.15) is 5.56 Å². The highest BCUT2D eigenvalue weighted by molar-refractivity contribution is 7.14. The average Bonchev–Trinajstić information content (AvgIpc) is 3.10. The number of hydrogen-bond acceptors (Lipinski definition) is 6. The molecule has 0 spiro atoms. The Morgan fingerprint density at radius 2 is 1.96 bits per heavy atom. The van der Waals surface area contributed by atoms with Gasteiger partial charge in [0, 0.05) is 28.6 Å². The van der Waals surface area contributed by atoms with Crippen LogP contribution in [0.25, 0.3) is 11.3 Å². The zero-order chi connectivity index (χ0) is 18.7. The van der Waals surface area contributed by atoms with Crippen LogP contribution in [0.15, 0.2) is 46.9 Å². The molecule has 0 amide bonds. The van der Waals surface area contributed by atoms with Crippen molar-refractivity contribution >= 4 is 63.2 Å². The summed E-state index contributed by atoms with van der Waals surface area (Å²) in [4.78, 5) is 14.8. The van der Waals surface area contributed by atoms with E-state index in [1.165, 1.54) is 29.7 Å². The molecular formula is C16H9Cl3N4O2S. The maximum atomic E-state index is 10.9. The van der Waals surface area contributed by atoms with E-state index in [1.54, 1.807) is 29.6 Å². The number of nitro benzene ring substituents is 1. The standard InChI is InChI=1S/C16H9Cl3N4O2S/c17-12-4-5-13(18)15(19)11(12)7-20-22-16-21-14(8-26-16)9-2-1-3-10(6-9)23(24)25/h1-8H,(H,21,22)/b20-7+. The molecule has 6 nitrogen and oxygen atoms in total. The monoisotopic (exact) mass is 426 g/mol. The van der Waals surface area contributed by atoms with Gasteiger partial charge in [0.1, 0.15) is 0 Å². The van der Waals surface area contributed by atoms with Gasteiger partial charge in [-0.3, -0.25) is 15.5 Å². The van der Waals surface area contributed by atoms with Crippen molar-refractivity contribution in [2.24, 2.45) is 5.10 Å². The molecule has 10 heteroatoms. The van der Waals surface area contributed by atoms with Crippen LogP contribution >= 0.6 is 46.1 Å². The fraction of sp³-hybridized carbons (Fsp3) is 0. The highest BCUT2D eigenvalue weighted by Crippen LogP contribution is 2.30. The zero-order valence-electron chi connectivity index (χ0n) is 12.8. The fourth-order valence-electron chi connectivity index (χ4n) is 2.05. The van der Waals surface area contributed by atoms with Crippen LogP contribution in [-0.2, 0) is 0 Å². The van der Waals surface area contributed by atoms with Crippen molar-refractivity contribution in [1.82, 2.24) is 4.98 Å². The van der Waals surface area contributed by atoms with E-state index in [0.29, 0.717) is 37.0 Å². The second kappa shape index (κ2) is 8.01. The average molecular weight is 428 g/mol. The highest BCUT2D eigenvalue weighted by Gasteiger charge is 2.10. The summed E-state index contributed by atoms with van der Waals surface area (Å²) in [7, 11) is 0. The van der Waals surface area contributed by atoms with Crippen LogP contribution in [0.2, 0.25) is 15.1 Å². The Bertz CT molecular complexity index is 1010. The lowest BCUT2D eigenvalue weighted by Gasteiger charge is -2.03. The van der Waals surface area contributed by atoms with Crippen LogP contribution in [0.5, 0.6) is 0 Å². The van der Waals surface area contributed by atoms with E-state index in [1.807, 2.05) is 0 Å². The molecule has 2 aromatic carbocycles. The number of benzene rings is 2. The third-order valence-corrected chi connectivity index (χ3v) is 5.19. The number of nitrogens with zero attached hydrogens (tertiary/aromatic N) is 3. The van der Waals surface area contributed by atoms with Gasteiger partial charge in [-0.2, -0.15) is 5.10 Å². The highest BCUT2D eigenvalue weighted by atomic mass is 35.5. The summed E-state index contributed by atoms with van der Waals surface area (Å²) in [5.74, 6) is 0. The van der Waals surface area contributed by atoms with Crippen molar-refractivity contribution < 1.29 is 4.92 Å². The van der Waals surface area contributed by atoms with Crippen LogP contribution < -0.4 is 5.43 Å². The minimum Gasteiger partial charge on any atom is -0.258 e. The third-order valence-electron chi connectivity index (χ3n) is 3.29. The maximum absolute atomic E-state index is 10.9. The fourth-order valence-corrected chi connectivity index (χ4v) is 3.35. The molecule has 0 radical (unpaired) electrons. The summed E-state index contributed by atoms with van der Waals surface area (Å²) in [5.41, 5.74) is 4.53. The van der Waals surface area contributed by atoms with E-state index < -0.39 is 4.92 Å². The Kier molecular flexibility index (Phi) is 5.73. The molecule has 0 bridgehead atoms. The van der Waals surface area contributed by atoms with Crippen LogP contribution in [0.3, 0.4) is 0 Å². The number of hydrazone groups is 1. The maximum Gasteiger partial charge on any atom is 0.270 e. The first kappa shape index (κ1) is 18.6. The van der Waals surface area contributed by atoms with Gasteiger partial charge in [-0.25, -0.2) is 4.98 Å². The van der Waals surface area contributed by atoms with Gasteiger partial charge in [-0.05, 0) is 12.1 Å². The largest absolute Gasteiger partial charge is 0.270 e. The second-order valence-corrected chi connectivity index (χ2v) is 7.02. The molecule has 0 saturated carbocycles. The summed E-state index contributed by atoms with van der Waals surface area (Å²) in [5, 5.41) is 18.3. The van der Waals surface area contributed by atoms with E-state index in [9.17, 15) is 10.1 Å². The van der Waals surface area contributed by atoms with Crippen molar-refractivity contribution in [3.8, 4) is 11.3 Å². The Morgan fingerprint density at radius 1 is 1.19 bits per heavy atom. The Hall–Kier alpha value is -2.19. The van der Waals surface area contributed by atoms with Crippen molar-refractivity contribution in [3.63, 3.8) is 0 Å². The van der Waals surface area contributed by atoms with Gasteiger partial charge in [0.15, 0.2) is 0 Å². The smallest absolute Gasteiger partial charge is 0.258 e. The molecule has 0 aliphatic carbocycles. The molecule has 0 fully saturated rings. The minimum atomic E-state index is -0.447. The van der Waals surface area contributed by atoms with Crippen molar-refractivity contribution in [2.75, 3.05) is 5.43 Å². The third kappa shape index (κ3) is 4.13. The predicted octanol–water partition coefficient (Wildman–Crippen LogP) is 6.12. The minimum absolute atomic E-state index is 0.00766. The number of hydrogen-bond donors (Lipinski definition) is 1. The number of thiazole rings is 1. The summed E-state index contributed by atoms with van der Waals surface area (Å²) in [6.07, 6.45) is 1.45. The molecular weight excluding hydrogens is 419 g/mol. The zero-order valence-corrected chi connectivity index (χ0v) is 15.9. The first-order chi connectivity index (χ1) is 12.5. The number of nitrogens with one attached hydrogen (secondary N) is 1. The molecule has 132 valence electrons. The van der Waals surface area contributed by atoms with E-state index in [-0.39, 0.29) is 5.69 Å². The normalized spacial score (nSPS) is 11.0. The molecule has 3 aromatic rings. The van der Waals surface area contributed by atoms with Crippen molar-refractivity contribution in [3.05, 3.63) is 72.5 Å². The molecule has 3 rings (SSSR count). The lowest BCUT2D eigenvalue weighted by atomic mass is 10.1. The van der Waals surface area contributed by atoms with E-state index in [2.05, 4.69) is 15.5 Å². The lowest BCUT2D eigenvalue weighted by molar-refractivity contribution is -0.384. The van der Waals surface area contributed by atoms with Gasteiger partial charge >= 0.3 is 0 Å². The Labute approximate surface area is 167 Å². The first-order valence-electron chi connectivity index (χ1n) is 7.08. The molecule has 26 heavy (non-hydrogen) atoms. The summed E-state index contributed by atoms with van der Waals surface area (Å²) in [6.45, 7) is 0. The number of nitro groups is 1. The summed E-state index contributed by atoms with van der Waals surface area (Å²) >= 11 is 19.4.